The molecule has 0 aliphatic carbocycles. The van der Waals surface area contributed by atoms with Crippen molar-refractivity contribution in [1.82, 2.24) is 0 Å². The zero-order valence-corrected chi connectivity index (χ0v) is 10.8. The normalized spacial score (nSPS) is 20.0. The van der Waals surface area contributed by atoms with Crippen LogP contribution in [0.15, 0.2) is 23.2 Å². The van der Waals surface area contributed by atoms with Crippen molar-refractivity contribution in [3.8, 4) is 5.75 Å². The summed E-state index contributed by atoms with van der Waals surface area (Å²) >= 11 is 0. The van der Waals surface area contributed by atoms with E-state index in [1.807, 2.05) is 19.1 Å². The van der Waals surface area contributed by atoms with Crippen LogP contribution in [0.4, 0.5) is 0 Å². The molecule has 0 aromatic heterocycles. The van der Waals surface area contributed by atoms with Gasteiger partial charge in [-0.1, -0.05) is 26.8 Å². The van der Waals surface area contributed by atoms with E-state index >= 15 is 0 Å². The van der Waals surface area contributed by atoms with Gasteiger partial charge < -0.3 is 9.84 Å². The van der Waals surface area contributed by atoms with E-state index in [1.165, 1.54) is 0 Å². The summed E-state index contributed by atoms with van der Waals surface area (Å²) in [5.74, 6) is 0.792. The van der Waals surface area contributed by atoms with Gasteiger partial charge in [-0.05, 0) is 30.0 Å². The highest BCUT2D eigenvalue weighted by molar-refractivity contribution is 5.97. The first-order chi connectivity index (χ1) is 7.88. The summed E-state index contributed by atoms with van der Waals surface area (Å²) in [7, 11) is 0. The number of hydrogen-bond acceptors (Lipinski definition) is 3. The van der Waals surface area contributed by atoms with Crippen LogP contribution in [0, 0.1) is 12.3 Å². The molecular formula is C14H19NO2. The summed E-state index contributed by atoms with van der Waals surface area (Å²) in [4.78, 5) is 4.55. The maximum atomic E-state index is 9.88. The second kappa shape index (κ2) is 4.06. The Morgan fingerprint density at radius 2 is 2.06 bits per heavy atom. The van der Waals surface area contributed by atoms with Crippen molar-refractivity contribution in [3.05, 3.63) is 29.3 Å². The van der Waals surface area contributed by atoms with Crippen LogP contribution in [0.3, 0.4) is 0 Å². The van der Waals surface area contributed by atoms with Gasteiger partial charge in [0.15, 0.2) is 0 Å². The van der Waals surface area contributed by atoms with Gasteiger partial charge in [0.25, 0.3) is 0 Å². The largest absolute Gasteiger partial charge is 0.507 e. The van der Waals surface area contributed by atoms with Crippen LogP contribution in [0.2, 0.25) is 0 Å². The molecule has 1 aliphatic heterocycles. The van der Waals surface area contributed by atoms with E-state index in [2.05, 4.69) is 25.8 Å². The second-order valence-electron chi connectivity index (χ2n) is 5.65. The van der Waals surface area contributed by atoms with Gasteiger partial charge in [-0.3, -0.25) is 0 Å². The molecule has 0 radical (unpaired) electrons. The topological polar surface area (TPSA) is 41.8 Å². The number of aryl methyl sites for hydroxylation is 1. The number of phenolic OH excluding ortho intramolecular Hbond substituents is 1. The third-order valence-electron chi connectivity index (χ3n) is 3.03. The number of nitrogens with zero attached hydrogens (tertiary/aromatic N) is 1. The zero-order chi connectivity index (χ0) is 12.6. The van der Waals surface area contributed by atoms with Crippen molar-refractivity contribution < 1.29 is 9.84 Å². The van der Waals surface area contributed by atoms with Gasteiger partial charge in [-0.15, -0.1) is 0 Å². The van der Waals surface area contributed by atoms with E-state index in [9.17, 15) is 5.11 Å². The van der Waals surface area contributed by atoms with E-state index in [4.69, 9.17) is 4.74 Å². The molecule has 0 saturated carbocycles. The highest BCUT2D eigenvalue weighted by Gasteiger charge is 2.31. The Kier molecular flexibility index (Phi) is 2.86. The Morgan fingerprint density at radius 3 is 2.59 bits per heavy atom. The highest BCUT2D eigenvalue weighted by Crippen LogP contribution is 2.29. The van der Waals surface area contributed by atoms with E-state index in [1.54, 1.807) is 6.07 Å². The van der Waals surface area contributed by atoms with Gasteiger partial charge >= 0.3 is 0 Å². The molecule has 0 amide bonds. The molecule has 0 fully saturated rings. The van der Waals surface area contributed by atoms with Crippen LogP contribution in [-0.2, 0) is 4.74 Å². The van der Waals surface area contributed by atoms with Gasteiger partial charge in [-0.2, -0.15) is 0 Å². The fraction of sp³-hybridized carbons (Fsp3) is 0.500. The molecule has 1 aromatic rings. The minimum Gasteiger partial charge on any atom is -0.507 e. The zero-order valence-electron chi connectivity index (χ0n) is 10.8. The summed E-state index contributed by atoms with van der Waals surface area (Å²) in [6, 6.07) is 5.68. The third-order valence-corrected chi connectivity index (χ3v) is 3.03. The molecule has 2 rings (SSSR count). The molecule has 92 valence electrons. The predicted octanol–water partition coefficient (Wildman–Crippen LogP) is 2.89. The average Bonchev–Trinajstić information content (AvgIpc) is 2.65. The lowest BCUT2D eigenvalue weighted by molar-refractivity contribution is 0.235. The van der Waals surface area contributed by atoms with Crippen molar-refractivity contribution >= 4 is 5.90 Å². The lowest BCUT2D eigenvalue weighted by Crippen LogP contribution is -2.25. The van der Waals surface area contributed by atoms with Crippen LogP contribution in [-0.4, -0.2) is 23.7 Å². The van der Waals surface area contributed by atoms with Crippen LogP contribution in [0.5, 0.6) is 5.75 Å². The van der Waals surface area contributed by atoms with E-state index in [0.717, 1.165) is 5.56 Å². The first-order valence-electron chi connectivity index (χ1n) is 5.88. The number of aromatic hydroxyl groups is 1. The summed E-state index contributed by atoms with van der Waals surface area (Å²) in [6.45, 7) is 8.96. The number of rotatable bonds is 1. The van der Waals surface area contributed by atoms with Gasteiger partial charge in [0.2, 0.25) is 5.90 Å². The molecular weight excluding hydrogens is 214 g/mol. The van der Waals surface area contributed by atoms with Crippen molar-refractivity contribution in [2.24, 2.45) is 10.4 Å². The van der Waals surface area contributed by atoms with Gasteiger partial charge in [-0.25, -0.2) is 4.99 Å². The Bertz CT molecular complexity index is 458. The van der Waals surface area contributed by atoms with Gasteiger partial charge in [0.1, 0.15) is 12.4 Å². The maximum Gasteiger partial charge on any atom is 0.220 e. The monoisotopic (exact) mass is 233 g/mol. The van der Waals surface area contributed by atoms with Crippen LogP contribution in [0.1, 0.15) is 31.9 Å². The number of hydrogen-bond donors (Lipinski definition) is 1. The lowest BCUT2D eigenvalue weighted by atomic mass is 9.88. The summed E-state index contributed by atoms with van der Waals surface area (Å²) in [5.41, 5.74) is 1.79. The minimum absolute atomic E-state index is 0.0854. The molecule has 17 heavy (non-hydrogen) atoms. The van der Waals surface area contributed by atoms with Crippen molar-refractivity contribution in [2.45, 2.75) is 33.7 Å². The van der Waals surface area contributed by atoms with Crippen molar-refractivity contribution in [2.75, 3.05) is 6.61 Å². The number of phenols is 1. The molecule has 0 bridgehead atoms. The molecule has 3 heteroatoms. The highest BCUT2D eigenvalue weighted by atomic mass is 16.5. The quantitative estimate of drug-likeness (QED) is 0.810. The maximum absolute atomic E-state index is 9.88. The first kappa shape index (κ1) is 12.0. The molecule has 1 atom stereocenters. The van der Waals surface area contributed by atoms with Gasteiger partial charge in [0.05, 0.1) is 11.6 Å². The molecule has 0 spiro atoms. The Morgan fingerprint density at radius 1 is 1.35 bits per heavy atom. The lowest BCUT2D eigenvalue weighted by Gasteiger charge is -2.21. The smallest absolute Gasteiger partial charge is 0.220 e. The number of aliphatic imine (C=N–C) groups is 1. The van der Waals surface area contributed by atoms with Crippen molar-refractivity contribution in [1.29, 1.82) is 0 Å². The molecule has 1 heterocycles. The molecule has 0 unspecified atom stereocenters. The second-order valence-corrected chi connectivity index (χ2v) is 5.65. The average molecular weight is 233 g/mol. The molecule has 3 nitrogen and oxygen atoms in total. The Labute approximate surface area is 102 Å². The number of benzene rings is 1. The van der Waals surface area contributed by atoms with Crippen molar-refractivity contribution in [3.63, 3.8) is 0 Å². The standard InChI is InChI=1S/C14H19NO2/c1-9-5-6-10(11(16)7-9)13-15-12(8-17-13)14(2,3)4/h5-7,12,16H,8H2,1-4H3/t12-/m1/s1. The Balaban J connectivity index is 2.30. The SMILES string of the molecule is Cc1ccc(C2=N[C@@H](C(C)(C)C)CO2)c(O)c1. The van der Waals surface area contributed by atoms with E-state index < -0.39 is 0 Å². The van der Waals surface area contributed by atoms with Gasteiger partial charge in [0, 0.05) is 0 Å². The first-order valence-corrected chi connectivity index (χ1v) is 5.88. The fourth-order valence-electron chi connectivity index (χ4n) is 1.79. The molecule has 1 aromatic carbocycles. The molecule has 1 aliphatic rings. The minimum atomic E-state index is 0.0854. The summed E-state index contributed by atoms with van der Waals surface area (Å²) < 4.78 is 5.59. The summed E-state index contributed by atoms with van der Waals surface area (Å²) in [5, 5.41) is 9.88. The van der Waals surface area contributed by atoms with E-state index in [-0.39, 0.29) is 17.2 Å². The number of ether oxygens (including phenoxy) is 1. The predicted molar refractivity (Wildman–Crippen MR) is 68.6 cm³/mol. The van der Waals surface area contributed by atoms with E-state index in [0.29, 0.717) is 18.1 Å². The Hall–Kier alpha value is -1.51. The molecule has 0 saturated heterocycles. The van der Waals surface area contributed by atoms with Crippen LogP contribution < -0.4 is 0 Å². The van der Waals surface area contributed by atoms with Crippen LogP contribution >= 0.6 is 0 Å². The fourth-order valence-corrected chi connectivity index (χ4v) is 1.79. The third kappa shape index (κ3) is 2.43. The molecule has 1 N–H and O–H groups in total. The van der Waals surface area contributed by atoms with Crippen LogP contribution in [0.25, 0.3) is 0 Å². The summed E-state index contributed by atoms with van der Waals surface area (Å²) in [6.07, 6.45) is 0.